The molecule has 6 heteroatoms. The SMILES string of the molecule is NCC(=O)C(=O)NCc1cccc(Cl)c1Cl. The van der Waals surface area contributed by atoms with Gasteiger partial charge in [-0.15, -0.1) is 0 Å². The number of halogens is 2. The van der Waals surface area contributed by atoms with Crippen molar-refractivity contribution in [3.8, 4) is 0 Å². The van der Waals surface area contributed by atoms with E-state index in [-0.39, 0.29) is 13.1 Å². The lowest BCUT2D eigenvalue weighted by Gasteiger charge is -2.06. The molecule has 0 aliphatic carbocycles. The van der Waals surface area contributed by atoms with Crippen LogP contribution in [0.4, 0.5) is 0 Å². The lowest BCUT2D eigenvalue weighted by atomic mass is 10.2. The Balaban J connectivity index is 2.65. The number of benzene rings is 1. The number of ketones is 1. The minimum Gasteiger partial charge on any atom is -0.345 e. The van der Waals surface area contributed by atoms with Crippen LogP contribution in [0.1, 0.15) is 5.56 Å². The van der Waals surface area contributed by atoms with Gasteiger partial charge in [-0.05, 0) is 11.6 Å². The molecule has 0 radical (unpaired) electrons. The highest BCUT2D eigenvalue weighted by Crippen LogP contribution is 2.25. The van der Waals surface area contributed by atoms with Crippen molar-refractivity contribution in [3.63, 3.8) is 0 Å². The van der Waals surface area contributed by atoms with Gasteiger partial charge in [-0.2, -0.15) is 0 Å². The quantitative estimate of drug-likeness (QED) is 0.798. The third kappa shape index (κ3) is 3.20. The van der Waals surface area contributed by atoms with Gasteiger partial charge in [-0.1, -0.05) is 35.3 Å². The number of nitrogens with one attached hydrogen (secondary N) is 1. The zero-order valence-corrected chi connectivity index (χ0v) is 9.81. The molecule has 0 atom stereocenters. The largest absolute Gasteiger partial charge is 0.345 e. The van der Waals surface area contributed by atoms with Crippen LogP contribution in [0.3, 0.4) is 0 Å². The van der Waals surface area contributed by atoms with Crippen molar-refractivity contribution >= 4 is 34.9 Å². The zero-order valence-electron chi connectivity index (χ0n) is 8.30. The van der Waals surface area contributed by atoms with Crippen LogP contribution in [-0.4, -0.2) is 18.2 Å². The molecule has 4 nitrogen and oxygen atoms in total. The van der Waals surface area contributed by atoms with E-state index in [9.17, 15) is 9.59 Å². The molecule has 0 spiro atoms. The van der Waals surface area contributed by atoms with Crippen molar-refractivity contribution in [3.05, 3.63) is 33.8 Å². The number of amides is 1. The second-order valence-electron chi connectivity index (χ2n) is 3.02. The Kier molecular flexibility index (Phi) is 4.73. The number of Topliss-reactive ketones (excluding diaryl/α,β-unsaturated/α-hetero) is 1. The molecule has 0 heterocycles. The molecule has 1 aromatic rings. The van der Waals surface area contributed by atoms with Crippen molar-refractivity contribution in [1.29, 1.82) is 0 Å². The Hall–Kier alpha value is -1.10. The molecule has 0 fully saturated rings. The summed E-state index contributed by atoms with van der Waals surface area (Å²) < 4.78 is 0. The van der Waals surface area contributed by atoms with Gasteiger partial charge in [0.05, 0.1) is 16.6 Å². The van der Waals surface area contributed by atoms with Gasteiger partial charge in [0.1, 0.15) is 0 Å². The smallest absolute Gasteiger partial charge is 0.289 e. The number of carbonyl (C=O) groups excluding carboxylic acids is 2. The Morgan fingerprint density at radius 2 is 2.00 bits per heavy atom. The Morgan fingerprint density at radius 1 is 1.31 bits per heavy atom. The molecule has 0 unspecified atom stereocenters. The minimum absolute atomic E-state index is 0.143. The summed E-state index contributed by atoms with van der Waals surface area (Å²) in [6.07, 6.45) is 0. The maximum atomic E-state index is 11.1. The van der Waals surface area contributed by atoms with E-state index in [1.54, 1.807) is 18.2 Å². The summed E-state index contributed by atoms with van der Waals surface area (Å²) >= 11 is 11.7. The Labute approximate surface area is 103 Å². The van der Waals surface area contributed by atoms with Crippen LogP contribution in [0.5, 0.6) is 0 Å². The molecular formula is C10H10Cl2N2O2. The predicted molar refractivity (Wildman–Crippen MR) is 62.4 cm³/mol. The number of hydrogen-bond donors (Lipinski definition) is 2. The fraction of sp³-hybridized carbons (Fsp3) is 0.200. The normalized spacial score (nSPS) is 9.94. The van der Waals surface area contributed by atoms with E-state index in [0.717, 1.165) is 0 Å². The van der Waals surface area contributed by atoms with Gasteiger partial charge >= 0.3 is 0 Å². The van der Waals surface area contributed by atoms with Crippen LogP contribution in [0, 0.1) is 0 Å². The maximum Gasteiger partial charge on any atom is 0.289 e. The van der Waals surface area contributed by atoms with Crippen LogP contribution in [0.2, 0.25) is 10.0 Å². The topological polar surface area (TPSA) is 72.2 Å². The van der Waals surface area contributed by atoms with Gasteiger partial charge in [0, 0.05) is 6.54 Å². The van der Waals surface area contributed by atoms with Crippen molar-refractivity contribution in [2.45, 2.75) is 6.54 Å². The maximum absolute atomic E-state index is 11.1. The van der Waals surface area contributed by atoms with Gasteiger partial charge in [-0.3, -0.25) is 9.59 Å². The van der Waals surface area contributed by atoms with E-state index >= 15 is 0 Å². The molecule has 16 heavy (non-hydrogen) atoms. The number of carbonyl (C=O) groups is 2. The molecule has 1 rings (SSSR count). The van der Waals surface area contributed by atoms with Crippen molar-refractivity contribution < 1.29 is 9.59 Å². The summed E-state index contributed by atoms with van der Waals surface area (Å²) in [6.45, 7) is -0.168. The van der Waals surface area contributed by atoms with Gasteiger partial charge in [0.15, 0.2) is 0 Å². The van der Waals surface area contributed by atoms with E-state index < -0.39 is 11.7 Å². The van der Waals surface area contributed by atoms with E-state index in [0.29, 0.717) is 15.6 Å². The fourth-order valence-electron chi connectivity index (χ4n) is 1.05. The summed E-state index contributed by atoms with van der Waals surface area (Å²) in [5.41, 5.74) is 5.68. The number of nitrogens with two attached hydrogens (primary N) is 1. The van der Waals surface area contributed by atoms with Crippen LogP contribution < -0.4 is 11.1 Å². The summed E-state index contributed by atoms with van der Waals surface area (Å²) in [6, 6.07) is 5.06. The second kappa shape index (κ2) is 5.84. The first-order valence-electron chi connectivity index (χ1n) is 4.50. The average molecular weight is 261 g/mol. The summed E-state index contributed by atoms with van der Waals surface area (Å²) in [5.74, 6) is -1.39. The molecule has 0 aliphatic heterocycles. The number of rotatable bonds is 4. The molecule has 0 saturated heterocycles. The highest BCUT2D eigenvalue weighted by molar-refractivity contribution is 6.42. The van der Waals surface area contributed by atoms with Crippen LogP contribution in [-0.2, 0) is 16.1 Å². The second-order valence-corrected chi connectivity index (χ2v) is 3.81. The summed E-state index contributed by atoms with van der Waals surface area (Å²) in [5, 5.41) is 3.17. The Morgan fingerprint density at radius 3 is 2.62 bits per heavy atom. The zero-order chi connectivity index (χ0) is 12.1. The van der Waals surface area contributed by atoms with Crippen LogP contribution in [0.15, 0.2) is 18.2 Å². The first-order valence-corrected chi connectivity index (χ1v) is 5.26. The van der Waals surface area contributed by atoms with Gasteiger partial charge in [-0.25, -0.2) is 0 Å². The van der Waals surface area contributed by atoms with Crippen LogP contribution in [0.25, 0.3) is 0 Å². The first-order chi connectivity index (χ1) is 7.56. The third-order valence-electron chi connectivity index (χ3n) is 1.91. The minimum atomic E-state index is -0.724. The molecule has 86 valence electrons. The third-order valence-corrected chi connectivity index (χ3v) is 2.77. The van der Waals surface area contributed by atoms with Crippen LogP contribution >= 0.6 is 23.2 Å². The van der Waals surface area contributed by atoms with E-state index in [1.165, 1.54) is 0 Å². The lowest BCUT2D eigenvalue weighted by molar-refractivity contribution is -0.137. The highest BCUT2D eigenvalue weighted by atomic mass is 35.5. The molecule has 3 N–H and O–H groups in total. The van der Waals surface area contributed by atoms with Crippen molar-refractivity contribution in [1.82, 2.24) is 5.32 Å². The Bertz CT molecular complexity index is 421. The molecule has 0 aliphatic rings. The molecule has 1 amide bonds. The van der Waals surface area contributed by atoms with Crippen molar-refractivity contribution in [2.75, 3.05) is 6.54 Å². The van der Waals surface area contributed by atoms with Crippen molar-refractivity contribution in [2.24, 2.45) is 5.73 Å². The van der Waals surface area contributed by atoms with E-state index in [4.69, 9.17) is 28.9 Å². The standard InChI is InChI=1S/C10H10Cl2N2O2/c11-7-3-1-2-6(9(7)12)5-14-10(16)8(15)4-13/h1-3H,4-5,13H2,(H,14,16). The molecule has 0 aromatic heterocycles. The predicted octanol–water partition coefficient (Wildman–Crippen LogP) is 1.14. The number of hydrogen-bond acceptors (Lipinski definition) is 3. The summed E-state index contributed by atoms with van der Waals surface area (Å²) in [7, 11) is 0. The lowest BCUT2D eigenvalue weighted by Crippen LogP contribution is -2.34. The monoisotopic (exact) mass is 260 g/mol. The highest BCUT2D eigenvalue weighted by Gasteiger charge is 2.11. The molecule has 0 bridgehead atoms. The fourth-order valence-corrected chi connectivity index (χ4v) is 1.44. The van der Waals surface area contributed by atoms with Gasteiger partial charge in [0.2, 0.25) is 5.78 Å². The van der Waals surface area contributed by atoms with Gasteiger partial charge in [0.25, 0.3) is 5.91 Å². The van der Waals surface area contributed by atoms with E-state index in [1.807, 2.05) is 0 Å². The van der Waals surface area contributed by atoms with Gasteiger partial charge < -0.3 is 11.1 Å². The molecule has 1 aromatic carbocycles. The van der Waals surface area contributed by atoms with E-state index in [2.05, 4.69) is 5.32 Å². The average Bonchev–Trinajstić information content (AvgIpc) is 2.29. The molecule has 0 saturated carbocycles. The molecular weight excluding hydrogens is 251 g/mol. The first kappa shape index (κ1) is 13.0. The summed E-state index contributed by atoms with van der Waals surface area (Å²) in [4.78, 5) is 22.0.